The minimum absolute atomic E-state index is 0.245. The summed E-state index contributed by atoms with van der Waals surface area (Å²) in [5.74, 6) is 3.12. The van der Waals surface area contributed by atoms with E-state index in [0.717, 1.165) is 21.2 Å². The Kier molecular flexibility index (Phi) is 3.57. The number of para-hydroxylation sites is 1. The van der Waals surface area contributed by atoms with E-state index in [1.54, 1.807) is 23.1 Å². The van der Waals surface area contributed by atoms with Gasteiger partial charge in [-0.2, -0.15) is 4.98 Å². The smallest absolute Gasteiger partial charge is 0.237 e. The third-order valence-corrected chi connectivity index (χ3v) is 5.86. The molecule has 0 saturated heterocycles. The lowest BCUT2D eigenvalue weighted by Crippen LogP contribution is -1.92. The standard InChI is InChI=1S/C17H11N3O3S2/c1-2-4-14-11(3-1)18-17(25-14)24-8-15-19-16(20-23-15)10-5-6-12-13(7-10)22-9-21-12/h1-7H,8-9H2. The number of hydrogen-bond donors (Lipinski definition) is 0. The molecule has 0 fully saturated rings. The summed E-state index contributed by atoms with van der Waals surface area (Å²) in [5, 5.41) is 4.05. The van der Waals surface area contributed by atoms with Gasteiger partial charge in [-0.3, -0.25) is 0 Å². The van der Waals surface area contributed by atoms with E-state index in [1.165, 1.54) is 4.70 Å². The largest absolute Gasteiger partial charge is 0.454 e. The first-order valence-electron chi connectivity index (χ1n) is 7.56. The van der Waals surface area contributed by atoms with Crippen LogP contribution in [0, 0.1) is 0 Å². The van der Waals surface area contributed by atoms with Crippen LogP contribution in [0.3, 0.4) is 0 Å². The van der Waals surface area contributed by atoms with Gasteiger partial charge in [-0.1, -0.05) is 29.1 Å². The molecule has 0 aliphatic carbocycles. The Morgan fingerprint density at radius 2 is 1.96 bits per heavy atom. The van der Waals surface area contributed by atoms with Crippen LogP contribution in [0.4, 0.5) is 0 Å². The molecule has 1 aliphatic rings. The molecule has 0 amide bonds. The van der Waals surface area contributed by atoms with Crippen molar-refractivity contribution in [1.29, 1.82) is 0 Å². The first-order chi connectivity index (χ1) is 12.3. The van der Waals surface area contributed by atoms with Crippen LogP contribution >= 0.6 is 23.1 Å². The summed E-state index contributed by atoms with van der Waals surface area (Å²) in [4.78, 5) is 9.05. The van der Waals surface area contributed by atoms with E-state index in [0.29, 0.717) is 23.2 Å². The zero-order valence-electron chi connectivity index (χ0n) is 12.8. The summed E-state index contributed by atoms with van der Waals surface area (Å²) >= 11 is 3.26. The van der Waals surface area contributed by atoms with Gasteiger partial charge in [0.15, 0.2) is 15.8 Å². The maximum atomic E-state index is 5.38. The first kappa shape index (κ1) is 14.7. The number of nitrogens with zero attached hydrogens (tertiary/aromatic N) is 3. The van der Waals surface area contributed by atoms with Crippen LogP contribution in [0.15, 0.2) is 51.3 Å². The predicted molar refractivity (Wildman–Crippen MR) is 95.0 cm³/mol. The van der Waals surface area contributed by atoms with Crippen LogP contribution in [-0.2, 0) is 5.75 Å². The first-order valence-corrected chi connectivity index (χ1v) is 9.36. The number of benzene rings is 2. The van der Waals surface area contributed by atoms with Crippen LogP contribution in [0.5, 0.6) is 11.5 Å². The highest BCUT2D eigenvalue weighted by Gasteiger charge is 2.17. The lowest BCUT2D eigenvalue weighted by atomic mass is 10.2. The van der Waals surface area contributed by atoms with Crippen LogP contribution < -0.4 is 9.47 Å². The highest BCUT2D eigenvalue weighted by Crippen LogP contribution is 2.35. The molecule has 0 bridgehead atoms. The molecule has 2 aromatic heterocycles. The van der Waals surface area contributed by atoms with E-state index in [9.17, 15) is 0 Å². The number of fused-ring (bicyclic) bond motifs is 2. The Hall–Kier alpha value is -2.58. The van der Waals surface area contributed by atoms with Crippen molar-refractivity contribution in [3.63, 3.8) is 0 Å². The monoisotopic (exact) mass is 369 g/mol. The zero-order valence-corrected chi connectivity index (χ0v) is 14.5. The van der Waals surface area contributed by atoms with Gasteiger partial charge in [-0.15, -0.1) is 11.3 Å². The predicted octanol–water partition coefficient (Wildman–Crippen LogP) is 4.37. The summed E-state index contributed by atoms with van der Waals surface area (Å²) in [7, 11) is 0. The Bertz CT molecular complexity index is 1030. The van der Waals surface area contributed by atoms with Gasteiger partial charge in [0.05, 0.1) is 16.0 Å². The zero-order chi connectivity index (χ0) is 16.6. The van der Waals surface area contributed by atoms with Gasteiger partial charge in [0.25, 0.3) is 0 Å². The minimum Gasteiger partial charge on any atom is -0.454 e. The van der Waals surface area contributed by atoms with Crippen molar-refractivity contribution in [2.24, 2.45) is 0 Å². The Morgan fingerprint density at radius 1 is 1.04 bits per heavy atom. The molecule has 0 radical (unpaired) electrons. The van der Waals surface area contributed by atoms with Gasteiger partial charge in [0.1, 0.15) is 0 Å². The third kappa shape index (κ3) is 2.83. The maximum Gasteiger partial charge on any atom is 0.237 e. The molecule has 0 atom stereocenters. The van der Waals surface area contributed by atoms with Crippen molar-refractivity contribution >= 4 is 33.3 Å². The average Bonchev–Trinajstić information content (AvgIpc) is 3.37. The number of thioether (sulfide) groups is 1. The molecule has 5 rings (SSSR count). The quantitative estimate of drug-likeness (QED) is 0.495. The second-order valence-electron chi connectivity index (χ2n) is 5.32. The number of ether oxygens (including phenoxy) is 2. The number of aromatic nitrogens is 3. The molecule has 25 heavy (non-hydrogen) atoms. The Balaban J connectivity index is 1.32. The number of thiazole rings is 1. The second kappa shape index (κ2) is 6.05. The third-order valence-electron chi connectivity index (χ3n) is 3.69. The topological polar surface area (TPSA) is 70.3 Å². The minimum atomic E-state index is 0.245. The molecule has 2 aromatic carbocycles. The van der Waals surface area contributed by atoms with Crippen molar-refractivity contribution in [3.8, 4) is 22.9 Å². The van der Waals surface area contributed by atoms with E-state index in [1.807, 2.05) is 36.4 Å². The SMILES string of the molecule is c1ccc2sc(SCc3nc(-c4ccc5c(c4)OCO5)no3)nc2c1. The summed E-state index contributed by atoms with van der Waals surface area (Å²) in [6.45, 7) is 0.245. The van der Waals surface area contributed by atoms with Crippen molar-refractivity contribution in [3.05, 3.63) is 48.4 Å². The molecule has 1 aliphatic heterocycles. The Morgan fingerprint density at radius 3 is 2.92 bits per heavy atom. The van der Waals surface area contributed by atoms with Gasteiger partial charge in [0.2, 0.25) is 18.5 Å². The fraction of sp³-hybridized carbons (Fsp3) is 0.118. The molecule has 124 valence electrons. The van der Waals surface area contributed by atoms with E-state index in [4.69, 9.17) is 14.0 Å². The molecule has 4 aromatic rings. The van der Waals surface area contributed by atoms with Crippen molar-refractivity contribution < 1.29 is 14.0 Å². The van der Waals surface area contributed by atoms with Crippen LogP contribution in [-0.4, -0.2) is 21.9 Å². The van der Waals surface area contributed by atoms with Gasteiger partial charge >= 0.3 is 0 Å². The second-order valence-corrected chi connectivity index (χ2v) is 7.57. The molecule has 0 N–H and O–H groups in total. The number of hydrogen-bond acceptors (Lipinski definition) is 8. The molecule has 6 nitrogen and oxygen atoms in total. The molecule has 0 spiro atoms. The molecule has 3 heterocycles. The van der Waals surface area contributed by atoms with Gasteiger partial charge in [-0.05, 0) is 30.3 Å². The highest BCUT2D eigenvalue weighted by molar-refractivity contribution is 8.00. The van der Waals surface area contributed by atoms with Crippen LogP contribution in [0.1, 0.15) is 5.89 Å². The lowest BCUT2D eigenvalue weighted by molar-refractivity contribution is 0.174. The highest BCUT2D eigenvalue weighted by atomic mass is 32.2. The lowest BCUT2D eigenvalue weighted by Gasteiger charge is -1.97. The normalized spacial score (nSPS) is 12.8. The average molecular weight is 369 g/mol. The van der Waals surface area contributed by atoms with Crippen LogP contribution in [0.2, 0.25) is 0 Å². The molecule has 0 unspecified atom stereocenters. The van der Waals surface area contributed by atoms with Crippen molar-refractivity contribution in [2.75, 3.05) is 6.79 Å². The van der Waals surface area contributed by atoms with Gasteiger partial charge < -0.3 is 14.0 Å². The fourth-order valence-electron chi connectivity index (χ4n) is 2.50. The van der Waals surface area contributed by atoms with E-state index in [2.05, 4.69) is 21.2 Å². The van der Waals surface area contributed by atoms with E-state index < -0.39 is 0 Å². The van der Waals surface area contributed by atoms with E-state index >= 15 is 0 Å². The number of rotatable bonds is 4. The summed E-state index contributed by atoms with van der Waals surface area (Å²) < 4.78 is 18.2. The molecular weight excluding hydrogens is 358 g/mol. The summed E-state index contributed by atoms with van der Waals surface area (Å²) in [6, 6.07) is 13.7. The Labute approximate surface area is 150 Å². The van der Waals surface area contributed by atoms with Crippen molar-refractivity contribution in [1.82, 2.24) is 15.1 Å². The van der Waals surface area contributed by atoms with Gasteiger partial charge in [-0.25, -0.2) is 4.98 Å². The maximum absolute atomic E-state index is 5.38. The molecule has 8 heteroatoms. The van der Waals surface area contributed by atoms with Gasteiger partial charge in [0, 0.05) is 5.56 Å². The molecular formula is C17H11N3O3S2. The fourth-order valence-corrected chi connectivity index (χ4v) is 4.41. The van der Waals surface area contributed by atoms with Crippen molar-refractivity contribution in [2.45, 2.75) is 10.1 Å². The summed E-state index contributed by atoms with van der Waals surface area (Å²) in [5.41, 5.74) is 1.85. The van der Waals surface area contributed by atoms with E-state index in [-0.39, 0.29) is 6.79 Å². The summed E-state index contributed by atoms with van der Waals surface area (Å²) in [6.07, 6.45) is 0. The van der Waals surface area contributed by atoms with Crippen LogP contribution in [0.25, 0.3) is 21.6 Å². The molecule has 0 saturated carbocycles.